The van der Waals surface area contributed by atoms with Crippen molar-refractivity contribution in [2.75, 3.05) is 0 Å². The van der Waals surface area contributed by atoms with Gasteiger partial charge in [-0.3, -0.25) is 0 Å². The van der Waals surface area contributed by atoms with Crippen LogP contribution in [0.1, 0.15) is 11.1 Å². The quantitative estimate of drug-likeness (QED) is 0.361. The molecule has 0 spiro atoms. The topological polar surface area (TPSA) is 86.7 Å². The highest BCUT2D eigenvalue weighted by Crippen LogP contribution is 2.28. The lowest BCUT2D eigenvalue weighted by atomic mass is 10.2. The van der Waals surface area contributed by atoms with E-state index in [0.29, 0.717) is 5.19 Å². The largest absolute Gasteiger partial charge is 0.379 e. The summed E-state index contributed by atoms with van der Waals surface area (Å²) in [4.78, 5) is 0.0337. The summed E-state index contributed by atoms with van der Waals surface area (Å²) < 4.78 is 62.5. The van der Waals surface area contributed by atoms with Crippen molar-refractivity contribution in [1.82, 2.24) is 0 Å². The van der Waals surface area contributed by atoms with E-state index >= 15 is 0 Å². The van der Waals surface area contributed by atoms with E-state index in [1.807, 2.05) is 33.5 Å². The van der Waals surface area contributed by atoms with E-state index < -0.39 is 28.3 Å². The fraction of sp³-hybridized carbons (Fsp3) is 0.217. The second kappa shape index (κ2) is 8.72. The van der Waals surface area contributed by atoms with Gasteiger partial charge in [-0.25, -0.2) is 0 Å². The minimum absolute atomic E-state index is 0.0169. The molecular formula is C23H26O6S2Si. The molecule has 0 amide bonds. The average Bonchev–Trinajstić information content (AvgIpc) is 2.67. The van der Waals surface area contributed by atoms with Gasteiger partial charge in [0.15, 0.2) is 0 Å². The molecule has 0 saturated heterocycles. The number of hydrogen-bond acceptors (Lipinski definition) is 6. The highest BCUT2D eigenvalue weighted by molar-refractivity contribution is 7.87. The van der Waals surface area contributed by atoms with Gasteiger partial charge in [-0.05, 0) is 50.2 Å². The monoisotopic (exact) mass is 490 g/mol. The van der Waals surface area contributed by atoms with Crippen LogP contribution in [0, 0.1) is 13.8 Å². The van der Waals surface area contributed by atoms with Crippen LogP contribution >= 0.6 is 0 Å². The Labute approximate surface area is 191 Å². The molecule has 0 N–H and O–H groups in total. The van der Waals surface area contributed by atoms with Gasteiger partial charge < -0.3 is 8.37 Å². The fourth-order valence-electron chi connectivity index (χ4n) is 3.13. The van der Waals surface area contributed by atoms with Gasteiger partial charge in [0, 0.05) is 5.19 Å². The maximum absolute atomic E-state index is 12.9. The lowest BCUT2D eigenvalue weighted by molar-refractivity contribution is 0.480. The van der Waals surface area contributed by atoms with E-state index in [0.717, 1.165) is 11.1 Å². The van der Waals surface area contributed by atoms with Crippen LogP contribution < -0.4 is 13.6 Å². The summed E-state index contributed by atoms with van der Waals surface area (Å²) in [5.74, 6) is 0.141. The van der Waals surface area contributed by atoms with Crippen LogP contribution in [0.5, 0.6) is 11.5 Å². The molecule has 0 aliphatic rings. The first-order valence-corrected chi connectivity index (χ1v) is 16.3. The SMILES string of the molecule is Cc1ccc(S(=O)(=O)Oc2cccc(OS(=O)(=O)c3ccc(C)cc3)c2[Si](C)(C)C)cc1. The summed E-state index contributed by atoms with van der Waals surface area (Å²) in [7, 11) is -10.5. The number of hydrogen-bond donors (Lipinski definition) is 0. The standard InChI is InChI=1S/C23H26O6S2Si/c1-17-9-13-19(14-10-17)30(24,25)28-21-7-6-8-22(23(21)32(3,4)5)29-31(26,27)20-15-11-18(2)12-16-20/h6-16H,1-5H3. The normalized spacial score (nSPS) is 12.4. The van der Waals surface area contributed by atoms with Crippen molar-refractivity contribution in [1.29, 1.82) is 0 Å². The predicted octanol–water partition coefficient (Wildman–Crippen LogP) is 4.38. The molecule has 0 radical (unpaired) electrons. The molecule has 170 valence electrons. The van der Waals surface area contributed by atoms with Crippen LogP contribution in [-0.4, -0.2) is 24.9 Å². The predicted molar refractivity (Wildman–Crippen MR) is 127 cm³/mol. The Balaban J connectivity index is 2.05. The minimum atomic E-state index is -4.11. The van der Waals surface area contributed by atoms with Crippen molar-refractivity contribution < 1.29 is 25.2 Å². The number of aryl methyl sites for hydroxylation is 2. The molecule has 3 aromatic carbocycles. The first-order chi connectivity index (χ1) is 14.8. The lowest BCUT2D eigenvalue weighted by Gasteiger charge is -2.23. The van der Waals surface area contributed by atoms with Crippen LogP contribution in [-0.2, 0) is 20.2 Å². The average molecular weight is 491 g/mol. The Morgan fingerprint density at radius 2 is 0.938 bits per heavy atom. The highest BCUT2D eigenvalue weighted by atomic mass is 32.2. The molecular weight excluding hydrogens is 464 g/mol. The van der Waals surface area contributed by atoms with Gasteiger partial charge in [-0.2, -0.15) is 16.8 Å². The zero-order valence-electron chi connectivity index (χ0n) is 18.6. The third-order valence-corrected chi connectivity index (χ3v) is 9.25. The van der Waals surface area contributed by atoms with Gasteiger partial charge in [-0.1, -0.05) is 61.1 Å². The molecule has 0 aromatic heterocycles. The highest BCUT2D eigenvalue weighted by Gasteiger charge is 2.31. The molecule has 0 unspecified atom stereocenters. The van der Waals surface area contributed by atoms with Crippen molar-refractivity contribution in [3.05, 3.63) is 77.9 Å². The van der Waals surface area contributed by atoms with E-state index in [1.165, 1.54) is 42.5 Å². The first kappa shape index (κ1) is 24.0. The van der Waals surface area contributed by atoms with E-state index in [2.05, 4.69) is 0 Å². The second-order valence-corrected chi connectivity index (χ2v) is 16.7. The van der Waals surface area contributed by atoms with Crippen LogP contribution in [0.25, 0.3) is 0 Å². The molecule has 0 atom stereocenters. The van der Waals surface area contributed by atoms with E-state index in [1.54, 1.807) is 24.3 Å². The summed E-state index contributed by atoms with van der Waals surface area (Å²) in [5, 5.41) is 0.464. The third kappa shape index (κ3) is 5.40. The summed E-state index contributed by atoms with van der Waals surface area (Å²) in [6.07, 6.45) is 0. The molecule has 0 heterocycles. The smallest absolute Gasteiger partial charge is 0.339 e. The number of rotatable bonds is 7. The van der Waals surface area contributed by atoms with Gasteiger partial charge in [0.25, 0.3) is 0 Å². The van der Waals surface area contributed by atoms with E-state index in [9.17, 15) is 16.8 Å². The molecule has 3 aromatic rings. The van der Waals surface area contributed by atoms with Crippen molar-refractivity contribution >= 4 is 33.5 Å². The molecule has 6 nitrogen and oxygen atoms in total. The third-order valence-electron chi connectivity index (χ3n) is 4.76. The van der Waals surface area contributed by atoms with Gasteiger partial charge in [0.2, 0.25) is 0 Å². The van der Waals surface area contributed by atoms with Crippen molar-refractivity contribution in [3.8, 4) is 11.5 Å². The van der Waals surface area contributed by atoms with Crippen molar-refractivity contribution in [2.24, 2.45) is 0 Å². The molecule has 0 fully saturated rings. The van der Waals surface area contributed by atoms with Crippen LogP contribution in [0.4, 0.5) is 0 Å². The molecule has 0 saturated carbocycles. The van der Waals surface area contributed by atoms with Crippen LogP contribution in [0.3, 0.4) is 0 Å². The maximum Gasteiger partial charge on any atom is 0.339 e. The summed E-state index contributed by atoms with van der Waals surface area (Å²) >= 11 is 0. The van der Waals surface area contributed by atoms with Crippen LogP contribution in [0.15, 0.2) is 76.5 Å². The molecule has 0 aliphatic heterocycles. The Hall–Kier alpha value is -2.62. The molecule has 9 heteroatoms. The zero-order chi connectivity index (χ0) is 23.7. The second-order valence-electron chi connectivity index (χ2n) is 8.58. The maximum atomic E-state index is 12.9. The Kier molecular flexibility index (Phi) is 6.55. The summed E-state index contributed by atoms with van der Waals surface area (Å²) in [5.41, 5.74) is 1.84. The van der Waals surface area contributed by atoms with Crippen LogP contribution in [0.2, 0.25) is 19.6 Å². The lowest BCUT2D eigenvalue weighted by Crippen LogP contribution is -2.40. The van der Waals surface area contributed by atoms with Gasteiger partial charge >= 0.3 is 20.2 Å². The number of benzene rings is 3. The Bertz CT molecular complexity index is 1230. The van der Waals surface area contributed by atoms with Crippen molar-refractivity contribution in [2.45, 2.75) is 43.3 Å². The van der Waals surface area contributed by atoms with Gasteiger partial charge in [0.1, 0.15) is 21.3 Å². The zero-order valence-corrected chi connectivity index (χ0v) is 21.2. The van der Waals surface area contributed by atoms with Gasteiger partial charge in [0.05, 0.1) is 8.07 Å². The molecule has 32 heavy (non-hydrogen) atoms. The first-order valence-electron chi connectivity index (χ1n) is 9.95. The summed E-state index contributed by atoms with van der Waals surface area (Å²) in [6.45, 7) is 9.59. The summed E-state index contributed by atoms with van der Waals surface area (Å²) in [6, 6.07) is 17.2. The minimum Gasteiger partial charge on any atom is -0.379 e. The molecule has 0 bridgehead atoms. The molecule has 3 rings (SSSR count). The van der Waals surface area contributed by atoms with Crippen molar-refractivity contribution in [3.63, 3.8) is 0 Å². The van der Waals surface area contributed by atoms with Gasteiger partial charge in [-0.15, -0.1) is 0 Å². The Morgan fingerprint density at radius 1 is 0.594 bits per heavy atom. The van der Waals surface area contributed by atoms with E-state index in [-0.39, 0.29) is 21.3 Å². The fourth-order valence-corrected chi connectivity index (χ4v) is 6.91. The Morgan fingerprint density at radius 3 is 1.25 bits per heavy atom. The molecule has 0 aliphatic carbocycles. The van der Waals surface area contributed by atoms with E-state index in [4.69, 9.17) is 8.37 Å².